The molecule has 2 aromatic carbocycles. The van der Waals surface area contributed by atoms with Crippen LogP contribution in [0.4, 0.5) is 4.79 Å². The molecular weight excluding hydrogens is 360 g/mol. The summed E-state index contributed by atoms with van der Waals surface area (Å²) in [6.45, 7) is 1.88. The van der Waals surface area contributed by atoms with Gasteiger partial charge in [0.1, 0.15) is 17.0 Å². The van der Waals surface area contributed by atoms with E-state index in [4.69, 9.17) is 9.47 Å². The number of Topliss-reactive ketones (excluding diaryl/α,β-unsaturated/α-hetero) is 1. The number of ketones is 1. The highest BCUT2D eigenvalue weighted by molar-refractivity contribution is 6.11. The molecule has 7 nitrogen and oxygen atoms in total. The zero-order valence-corrected chi connectivity index (χ0v) is 15.7. The number of carbonyl (C=O) groups is 3. The maximum Gasteiger partial charge on any atom is 0.325 e. The Hall–Kier alpha value is -3.35. The summed E-state index contributed by atoms with van der Waals surface area (Å²) >= 11 is 0. The third-order valence-electron chi connectivity index (χ3n) is 5.23. The van der Waals surface area contributed by atoms with Crippen molar-refractivity contribution in [2.24, 2.45) is 0 Å². The number of urea groups is 1. The Kier molecular flexibility index (Phi) is 4.30. The molecule has 0 aromatic heterocycles. The predicted octanol–water partition coefficient (Wildman–Crippen LogP) is 2.28. The first kappa shape index (κ1) is 18.0. The number of fused-ring (bicyclic) bond motifs is 1. The Bertz CT molecular complexity index is 987. The second-order valence-corrected chi connectivity index (χ2v) is 6.99. The first-order chi connectivity index (χ1) is 13.4. The van der Waals surface area contributed by atoms with Crippen LogP contribution >= 0.6 is 0 Å². The van der Waals surface area contributed by atoms with Gasteiger partial charge in [0, 0.05) is 17.5 Å². The van der Waals surface area contributed by atoms with Crippen molar-refractivity contribution in [3.05, 3.63) is 59.2 Å². The molecule has 28 heavy (non-hydrogen) atoms. The molecule has 2 aromatic rings. The Balaban J connectivity index is 1.58. The van der Waals surface area contributed by atoms with Gasteiger partial charge < -0.3 is 14.8 Å². The number of amides is 3. The van der Waals surface area contributed by atoms with E-state index in [0.717, 1.165) is 22.6 Å². The largest absolute Gasteiger partial charge is 0.496 e. The topological polar surface area (TPSA) is 84.9 Å². The Morgan fingerprint density at radius 3 is 2.82 bits per heavy atom. The fourth-order valence-electron chi connectivity index (χ4n) is 3.68. The van der Waals surface area contributed by atoms with Crippen molar-refractivity contribution in [1.29, 1.82) is 0 Å². The fourth-order valence-corrected chi connectivity index (χ4v) is 3.68. The number of rotatable bonds is 5. The van der Waals surface area contributed by atoms with Crippen LogP contribution in [0.3, 0.4) is 0 Å². The van der Waals surface area contributed by atoms with Crippen molar-refractivity contribution in [2.45, 2.75) is 18.9 Å². The number of hydrogen-bond donors (Lipinski definition) is 1. The third kappa shape index (κ3) is 2.79. The summed E-state index contributed by atoms with van der Waals surface area (Å²) in [6, 6.07) is 11.6. The monoisotopic (exact) mass is 380 g/mol. The Morgan fingerprint density at radius 2 is 2.04 bits per heavy atom. The van der Waals surface area contributed by atoms with E-state index in [1.165, 1.54) is 7.11 Å². The van der Waals surface area contributed by atoms with Gasteiger partial charge in [0.05, 0.1) is 20.3 Å². The second kappa shape index (κ2) is 6.67. The average Bonchev–Trinajstić information content (AvgIpc) is 3.26. The van der Waals surface area contributed by atoms with Gasteiger partial charge in [0.25, 0.3) is 5.91 Å². The zero-order valence-electron chi connectivity index (χ0n) is 15.7. The van der Waals surface area contributed by atoms with Gasteiger partial charge in [-0.15, -0.1) is 0 Å². The van der Waals surface area contributed by atoms with Gasteiger partial charge in [0.15, 0.2) is 5.78 Å². The molecule has 0 spiro atoms. The standard InChI is InChI=1S/C21H20N2O5/c1-21(15-5-3-4-6-18(15)27-2)19(25)23(20(26)22-21)12-16(24)13-7-8-17-14(11-13)9-10-28-17/h3-8,11H,9-10,12H2,1-2H3,(H,22,26)/t21-/m1/s1. The van der Waals surface area contributed by atoms with Crippen LogP contribution < -0.4 is 14.8 Å². The van der Waals surface area contributed by atoms with Gasteiger partial charge >= 0.3 is 6.03 Å². The number of nitrogens with one attached hydrogen (secondary N) is 1. The summed E-state index contributed by atoms with van der Waals surface area (Å²) in [5.74, 6) is 0.475. The molecule has 1 N–H and O–H groups in total. The predicted molar refractivity (Wildman–Crippen MR) is 101 cm³/mol. The van der Waals surface area contributed by atoms with Crippen LogP contribution in [0.1, 0.15) is 28.4 Å². The van der Waals surface area contributed by atoms with Crippen LogP contribution in [0.15, 0.2) is 42.5 Å². The van der Waals surface area contributed by atoms with E-state index in [1.807, 2.05) is 0 Å². The highest BCUT2D eigenvalue weighted by Crippen LogP contribution is 2.35. The number of imide groups is 1. The van der Waals surface area contributed by atoms with E-state index in [-0.39, 0.29) is 12.3 Å². The van der Waals surface area contributed by atoms with Crippen molar-refractivity contribution in [3.63, 3.8) is 0 Å². The van der Waals surface area contributed by atoms with E-state index in [0.29, 0.717) is 23.5 Å². The van der Waals surface area contributed by atoms with Crippen LogP contribution in [-0.4, -0.2) is 42.9 Å². The van der Waals surface area contributed by atoms with Crippen molar-refractivity contribution in [2.75, 3.05) is 20.3 Å². The Morgan fingerprint density at radius 1 is 1.25 bits per heavy atom. The van der Waals surface area contributed by atoms with Crippen LogP contribution in [-0.2, 0) is 16.8 Å². The normalized spacial score (nSPS) is 20.6. The maximum atomic E-state index is 13.1. The molecule has 0 unspecified atom stereocenters. The van der Waals surface area contributed by atoms with E-state index < -0.39 is 17.5 Å². The number of methoxy groups -OCH3 is 1. The average molecular weight is 380 g/mol. The lowest BCUT2D eigenvalue weighted by molar-refractivity contribution is -0.130. The lowest BCUT2D eigenvalue weighted by Crippen LogP contribution is -2.41. The molecule has 0 bridgehead atoms. The van der Waals surface area contributed by atoms with Crippen molar-refractivity contribution >= 4 is 17.7 Å². The van der Waals surface area contributed by atoms with E-state index >= 15 is 0 Å². The van der Waals surface area contributed by atoms with Crippen molar-refractivity contribution < 1.29 is 23.9 Å². The summed E-state index contributed by atoms with van der Waals surface area (Å²) in [6.07, 6.45) is 0.742. The summed E-state index contributed by atoms with van der Waals surface area (Å²) in [7, 11) is 1.50. The molecule has 0 saturated carbocycles. The molecule has 3 amide bonds. The fraction of sp³-hybridized carbons (Fsp3) is 0.286. The molecule has 2 aliphatic heterocycles. The molecule has 7 heteroatoms. The molecule has 144 valence electrons. The maximum absolute atomic E-state index is 13.1. The number of benzene rings is 2. The molecule has 1 fully saturated rings. The van der Waals surface area contributed by atoms with Gasteiger partial charge in [-0.25, -0.2) is 4.79 Å². The van der Waals surface area contributed by atoms with Crippen LogP contribution in [0, 0.1) is 0 Å². The van der Waals surface area contributed by atoms with E-state index in [2.05, 4.69) is 5.32 Å². The lowest BCUT2D eigenvalue weighted by Gasteiger charge is -2.24. The number of carbonyl (C=O) groups excluding carboxylic acids is 3. The molecule has 0 radical (unpaired) electrons. The molecule has 2 aliphatic rings. The smallest absolute Gasteiger partial charge is 0.325 e. The minimum atomic E-state index is -1.30. The van der Waals surface area contributed by atoms with E-state index in [9.17, 15) is 14.4 Å². The highest BCUT2D eigenvalue weighted by Gasteiger charge is 2.50. The molecule has 2 heterocycles. The number of hydrogen-bond acceptors (Lipinski definition) is 5. The zero-order chi connectivity index (χ0) is 19.9. The van der Waals surface area contributed by atoms with Gasteiger partial charge in [-0.1, -0.05) is 18.2 Å². The van der Waals surface area contributed by atoms with Crippen LogP contribution in [0.5, 0.6) is 11.5 Å². The van der Waals surface area contributed by atoms with Gasteiger partial charge in [-0.05, 0) is 36.8 Å². The van der Waals surface area contributed by atoms with Crippen LogP contribution in [0.2, 0.25) is 0 Å². The van der Waals surface area contributed by atoms with Gasteiger partial charge in [-0.2, -0.15) is 0 Å². The Labute approximate surface area is 162 Å². The van der Waals surface area contributed by atoms with E-state index in [1.54, 1.807) is 49.4 Å². The molecule has 1 saturated heterocycles. The van der Waals surface area contributed by atoms with Gasteiger partial charge in [-0.3, -0.25) is 14.5 Å². The summed E-state index contributed by atoms with van der Waals surface area (Å²) in [5.41, 5.74) is 0.661. The van der Waals surface area contributed by atoms with Gasteiger partial charge in [0.2, 0.25) is 0 Å². The molecule has 1 atom stereocenters. The number of nitrogens with zero attached hydrogens (tertiary/aromatic N) is 1. The minimum absolute atomic E-state index is 0.303. The number of ether oxygens (including phenoxy) is 2. The summed E-state index contributed by atoms with van der Waals surface area (Å²) < 4.78 is 10.8. The molecule has 0 aliphatic carbocycles. The second-order valence-electron chi connectivity index (χ2n) is 6.99. The lowest BCUT2D eigenvalue weighted by atomic mass is 9.91. The highest BCUT2D eigenvalue weighted by atomic mass is 16.5. The van der Waals surface area contributed by atoms with Crippen molar-refractivity contribution in [1.82, 2.24) is 10.2 Å². The van der Waals surface area contributed by atoms with Crippen molar-refractivity contribution in [3.8, 4) is 11.5 Å². The molecule has 4 rings (SSSR count). The number of para-hydroxylation sites is 1. The molecular formula is C21H20N2O5. The van der Waals surface area contributed by atoms with Crippen LogP contribution in [0.25, 0.3) is 0 Å². The SMILES string of the molecule is COc1ccccc1[C@@]1(C)NC(=O)N(CC(=O)c2ccc3c(c2)CCO3)C1=O. The summed E-state index contributed by atoms with van der Waals surface area (Å²) in [5, 5.41) is 2.70. The first-order valence-electron chi connectivity index (χ1n) is 9.00. The minimum Gasteiger partial charge on any atom is -0.496 e. The third-order valence-corrected chi connectivity index (χ3v) is 5.23. The first-order valence-corrected chi connectivity index (χ1v) is 9.00. The quantitative estimate of drug-likeness (QED) is 0.635. The summed E-state index contributed by atoms with van der Waals surface area (Å²) in [4.78, 5) is 39.3.